The van der Waals surface area contributed by atoms with Crippen LogP contribution in [-0.4, -0.2) is 5.91 Å². The Morgan fingerprint density at radius 2 is 1.95 bits per heavy atom. The molecule has 2 aromatic carbocycles. The summed E-state index contributed by atoms with van der Waals surface area (Å²) in [4.78, 5) is 12.1. The fourth-order valence-corrected chi connectivity index (χ4v) is 2.89. The zero-order valence-electron chi connectivity index (χ0n) is 10.7. The third kappa shape index (κ3) is 2.48. The van der Waals surface area contributed by atoms with Gasteiger partial charge in [-0.15, -0.1) is 0 Å². The third-order valence-corrected chi connectivity index (χ3v) is 4.17. The van der Waals surface area contributed by atoms with Gasteiger partial charge in [-0.3, -0.25) is 4.79 Å². The van der Waals surface area contributed by atoms with E-state index >= 15 is 0 Å². The molecule has 4 heteroatoms. The average Bonchev–Trinajstić information content (AvgIpc) is 2.89. The summed E-state index contributed by atoms with van der Waals surface area (Å²) in [7, 11) is 0. The maximum Gasteiger partial charge on any atom is 0.258 e. The number of benzene rings is 2. The summed E-state index contributed by atoms with van der Waals surface area (Å²) in [5, 5.41) is 2.76. The first-order valence-corrected chi connectivity index (χ1v) is 7.31. The molecule has 0 saturated heterocycles. The Kier molecular flexibility index (Phi) is 3.57. The summed E-state index contributed by atoms with van der Waals surface area (Å²) in [6.07, 6.45) is 3.31. The maximum absolute atomic E-state index is 13.9. The second-order valence-electron chi connectivity index (χ2n) is 4.89. The highest BCUT2D eigenvalue weighted by Gasteiger charge is 2.15. The van der Waals surface area contributed by atoms with Crippen LogP contribution in [0.1, 0.15) is 27.9 Å². The molecule has 0 radical (unpaired) electrons. The summed E-state index contributed by atoms with van der Waals surface area (Å²) >= 11 is 3.09. The summed E-state index contributed by atoms with van der Waals surface area (Å²) in [6.45, 7) is 0. The second kappa shape index (κ2) is 5.37. The Balaban J connectivity index is 1.84. The number of hydrogen-bond donors (Lipinski definition) is 1. The van der Waals surface area contributed by atoms with Crippen molar-refractivity contribution in [3.8, 4) is 0 Å². The van der Waals surface area contributed by atoms with Crippen molar-refractivity contribution < 1.29 is 9.18 Å². The minimum Gasteiger partial charge on any atom is -0.322 e. The van der Waals surface area contributed by atoms with E-state index in [0.29, 0.717) is 4.47 Å². The lowest BCUT2D eigenvalue weighted by atomic mass is 10.1. The van der Waals surface area contributed by atoms with Gasteiger partial charge in [-0.05, 0) is 70.6 Å². The molecule has 0 heterocycles. The summed E-state index contributed by atoms with van der Waals surface area (Å²) in [5.74, 6) is -0.965. The van der Waals surface area contributed by atoms with Crippen LogP contribution < -0.4 is 5.32 Å². The number of carbonyl (C=O) groups excluding carboxylic acids is 1. The van der Waals surface area contributed by atoms with Crippen LogP contribution in [0.15, 0.2) is 40.9 Å². The van der Waals surface area contributed by atoms with E-state index in [4.69, 9.17) is 0 Å². The van der Waals surface area contributed by atoms with Gasteiger partial charge >= 0.3 is 0 Å². The van der Waals surface area contributed by atoms with E-state index in [1.54, 1.807) is 12.1 Å². The minimum atomic E-state index is -0.536. The Labute approximate surface area is 125 Å². The molecule has 0 fully saturated rings. The van der Waals surface area contributed by atoms with E-state index in [1.165, 1.54) is 17.2 Å². The fraction of sp³-hybridized carbons (Fsp3) is 0.188. The number of nitrogens with one attached hydrogen (secondary N) is 1. The molecule has 102 valence electrons. The smallest absolute Gasteiger partial charge is 0.258 e. The van der Waals surface area contributed by atoms with Gasteiger partial charge in [0.05, 0.1) is 10.0 Å². The molecule has 2 aromatic rings. The molecule has 1 aliphatic carbocycles. The molecule has 0 spiro atoms. The third-order valence-electron chi connectivity index (χ3n) is 3.55. The highest BCUT2D eigenvalue weighted by Crippen LogP contribution is 2.25. The Morgan fingerprint density at radius 1 is 1.15 bits per heavy atom. The average molecular weight is 334 g/mol. The first kappa shape index (κ1) is 13.3. The molecule has 2 nitrogen and oxygen atoms in total. The predicted molar refractivity (Wildman–Crippen MR) is 80.5 cm³/mol. The molecule has 1 amide bonds. The molecule has 0 atom stereocenters. The molecular formula is C16H13BrFNO. The van der Waals surface area contributed by atoms with Gasteiger partial charge in [0, 0.05) is 5.69 Å². The van der Waals surface area contributed by atoms with Gasteiger partial charge in [-0.25, -0.2) is 4.39 Å². The van der Waals surface area contributed by atoms with Crippen molar-refractivity contribution in [2.24, 2.45) is 0 Å². The number of anilines is 1. The predicted octanol–water partition coefficient (Wildman–Crippen LogP) is 4.33. The van der Waals surface area contributed by atoms with E-state index in [-0.39, 0.29) is 5.56 Å². The molecule has 3 rings (SSSR count). The second-order valence-corrected chi connectivity index (χ2v) is 5.75. The summed E-state index contributed by atoms with van der Waals surface area (Å²) < 4.78 is 14.2. The molecule has 0 saturated carbocycles. The van der Waals surface area contributed by atoms with Gasteiger partial charge in [0.1, 0.15) is 5.82 Å². The summed E-state index contributed by atoms with van der Waals surface area (Å²) in [6, 6.07) is 10.6. The fourth-order valence-electron chi connectivity index (χ4n) is 2.53. The lowest BCUT2D eigenvalue weighted by molar-refractivity contribution is 0.102. The van der Waals surface area contributed by atoms with Crippen LogP contribution >= 0.6 is 15.9 Å². The monoisotopic (exact) mass is 333 g/mol. The number of fused-ring (bicyclic) bond motifs is 1. The van der Waals surface area contributed by atoms with E-state index < -0.39 is 11.7 Å². The maximum atomic E-state index is 13.9. The molecule has 20 heavy (non-hydrogen) atoms. The van der Waals surface area contributed by atoms with Crippen LogP contribution in [0.5, 0.6) is 0 Å². The van der Waals surface area contributed by atoms with Crippen LogP contribution in [0.3, 0.4) is 0 Å². The lowest BCUT2D eigenvalue weighted by Crippen LogP contribution is -2.14. The Hall–Kier alpha value is -1.68. The molecular weight excluding hydrogens is 321 g/mol. The number of rotatable bonds is 2. The summed E-state index contributed by atoms with van der Waals surface area (Å²) in [5.41, 5.74) is 3.38. The topological polar surface area (TPSA) is 29.1 Å². The van der Waals surface area contributed by atoms with Gasteiger partial charge in [0.25, 0.3) is 5.91 Å². The Bertz CT molecular complexity index is 684. The van der Waals surface area contributed by atoms with Crippen molar-refractivity contribution >= 4 is 27.5 Å². The number of amides is 1. The van der Waals surface area contributed by atoms with Gasteiger partial charge in [-0.1, -0.05) is 12.1 Å². The number of aryl methyl sites for hydroxylation is 2. The first-order chi connectivity index (χ1) is 9.65. The normalized spacial score (nSPS) is 13.1. The molecule has 1 N–H and O–H groups in total. The van der Waals surface area contributed by atoms with Crippen LogP contribution in [0, 0.1) is 5.82 Å². The largest absolute Gasteiger partial charge is 0.322 e. The first-order valence-electron chi connectivity index (χ1n) is 6.52. The lowest BCUT2D eigenvalue weighted by Gasteiger charge is -2.08. The molecule has 1 aliphatic rings. The van der Waals surface area contributed by atoms with Crippen LogP contribution in [0.2, 0.25) is 0 Å². The SMILES string of the molecule is O=C(Nc1ccc2c(c1)CCC2)c1cccc(Br)c1F. The van der Waals surface area contributed by atoms with Gasteiger partial charge in [-0.2, -0.15) is 0 Å². The van der Waals surface area contributed by atoms with Crippen molar-refractivity contribution in [3.05, 3.63) is 63.4 Å². The minimum absolute atomic E-state index is 0.0415. The van der Waals surface area contributed by atoms with E-state index in [1.807, 2.05) is 18.2 Å². The van der Waals surface area contributed by atoms with Crippen LogP contribution in [-0.2, 0) is 12.8 Å². The highest BCUT2D eigenvalue weighted by molar-refractivity contribution is 9.10. The van der Waals surface area contributed by atoms with E-state index in [0.717, 1.165) is 24.9 Å². The van der Waals surface area contributed by atoms with Crippen molar-refractivity contribution in [2.75, 3.05) is 5.32 Å². The van der Waals surface area contributed by atoms with Crippen LogP contribution in [0.4, 0.5) is 10.1 Å². The van der Waals surface area contributed by atoms with Crippen LogP contribution in [0.25, 0.3) is 0 Å². The van der Waals surface area contributed by atoms with Crippen molar-refractivity contribution in [1.82, 2.24) is 0 Å². The zero-order chi connectivity index (χ0) is 14.1. The molecule has 0 aromatic heterocycles. The van der Waals surface area contributed by atoms with Gasteiger partial charge in [0.15, 0.2) is 0 Å². The van der Waals surface area contributed by atoms with Gasteiger partial charge in [0.2, 0.25) is 0 Å². The van der Waals surface area contributed by atoms with Crippen molar-refractivity contribution in [1.29, 1.82) is 0 Å². The van der Waals surface area contributed by atoms with Crippen molar-refractivity contribution in [2.45, 2.75) is 19.3 Å². The standard InChI is InChI=1S/C16H13BrFNO/c17-14-6-2-5-13(15(14)18)16(20)19-12-8-7-10-3-1-4-11(10)9-12/h2,5-9H,1,3-4H2,(H,19,20). The zero-order valence-corrected chi connectivity index (χ0v) is 12.3. The number of hydrogen-bond acceptors (Lipinski definition) is 1. The Morgan fingerprint density at radius 3 is 2.80 bits per heavy atom. The number of halogens is 2. The van der Waals surface area contributed by atoms with Gasteiger partial charge < -0.3 is 5.32 Å². The molecule has 0 unspecified atom stereocenters. The quantitative estimate of drug-likeness (QED) is 0.870. The highest BCUT2D eigenvalue weighted by atomic mass is 79.9. The molecule has 0 bridgehead atoms. The van der Waals surface area contributed by atoms with E-state index in [9.17, 15) is 9.18 Å². The van der Waals surface area contributed by atoms with E-state index in [2.05, 4.69) is 21.2 Å². The van der Waals surface area contributed by atoms with Crippen molar-refractivity contribution in [3.63, 3.8) is 0 Å². The molecule has 0 aliphatic heterocycles. The number of carbonyl (C=O) groups is 1.